The van der Waals surface area contributed by atoms with E-state index in [1.54, 1.807) is 41.2 Å². The van der Waals surface area contributed by atoms with Gasteiger partial charge in [0.1, 0.15) is 0 Å². The smallest absolute Gasteiger partial charge is 0.209 e. The molecular formula is C21H16N4O. The van der Waals surface area contributed by atoms with Crippen molar-refractivity contribution in [2.45, 2.75) is 0 Å². The summed E-state index contributed by atoms with van der Waals surface area (Å²) in [6.07, 6.45) is 9.91. The molecule has 2 aromatic carbocycles. The highest BCUT2D eigenvalue weighted by Gasteiger charge is 2.10. The van der Waals surface area contributed by atoms with Crippen LogP contribution in [0.25, 0.3) is 5.69 Å². The minimum absolute atomic E-state index is 0.198. The Balaban J connectivity index is 2.12. The standard InChI is InChI=1S/C21H16N4O/c1-2-16-7-6-8-17(15-16)23-19(11-13-22)21-20(26)12-14-25(24-21)18-9-4-3-5-10-18/h1,3-15H,22H2. The van der Waals surface area contributed by atoms with Crippen molar-refractivity contribution in [3.8, 4) is 18.0 Å². The Morgan fingerprint density at radius 1 is 1.15 bits per heavy atom. The molecule has 0 amide bonds. The van der Waals surface area contributed by atoms with Crippen molar-refractivity contribution in [2.75, 3.05) is 0 Å². The van der Waals surface area contributed by atoms with Crippen molar-refractivity contribution >= 4 is 11.4 Å². The lowest BCUT2D eigenvalue weighted by atomic mass is 10.2. The molecule has 26 heavy (non-hydrogen) atoms. The van der Waals surface area contributed by atoms with Crippen molar-refractivity contribution in [2.24, 2.45) is 10.7 Å². The largest absolute Gasteiger partial charge is 0.405 e. The van der Waals surface area contributed by atoms with Gasteiger partial charge in [-0.1, -0.05) is 30.2 Å². The van der Waals surface area contributed by atoms with Gasteiger partial charge in [-0.25, -0.2) is 9.67 Å². The number of hydrogen-bond acceptors (Lipinski definition) is 4. The number of hydrogen-bond donors (Lipinski definition) is 1. The van der Waals surface area contributed by atoms with Gasteiger partial charge in [-0.05, 0) is 42.6 Å². The van der Waals surface area contributed by atoms with Gasteiger partial charge in [-0.15, -0.1) is 6.42 Å². The summed E-state index contributed by atoms with van der Waals surface area (Å²) < 4.78 is 1.62. The Labute approximate surface area is 151 Å². The van der Waals surface area contributed by atoms with Crippen molar-refractivity contribution in [3.63, 3.8) is 0 Å². The number of rotatable bonds is 4. The third kappa shape index (κ3) is 3.77. The third-order valence-corrected chi connectivity index (χ3v) is 3.59. The zero-order valence-corrected chi connectivity index (χ0v) is 13.9. The van der Waals surface area contributed by atoms with Gasteiger partial charge in [0.25, 0.3) is 0 Å². The number of nitrogens with zero attached hydrogens (tertiary/aromatic N) is 3. The maximum Gasteiger partial charge on any atom is 0.209 e. The molecule has 5 heteroatoms. The Bertz CT molecular complexity index is 1070. The van der Waals surface area contributed by atoms with E-state index in [1.807, 2.05) is 30.3 Å². The van der Waals surface area contributed by atoms with Crippen LogP contribution in [0, 0.1) is 12.3 Å². The molecule has 2 N–H and O–H groups in total. The van der Waals surface area contributed by atoms with Crippen LogP contribution in [-0.2, 0) is 0 Å². The fraction of sp³-hybridized carbons (Fsp3) is 0. The molecule has 0 fully saturated rings. The molecule has 0 atom stereocenters. The second-order valence-electron chi connectivity index (χ2n) is 5.36. The van der Waals surface area contributed by atoms with Crippen molar-refractivity contribution in [3.05, 3.63) is 101 Å². The summed E-state index contributed by atoms with van der Waals surface area (Å²) in [5.41, 5.74) is 8.00. The molecule has 0 spiro atoms. The summed E-state index contributed by atoms with van der Waals surface area (Å²) in [7, 11) is 0. The third-order valence-electron chi connectivity index (χ3n) is 3.59. The lowest BCUT2D eigenvalue weighted by Crippen LogP contribution is -2.20. The van der Waals surface area contributed by atoms with Crippen LogP contribution in [0.3, 0.4) is 0 Å². The maximum atomic E-state index is 12.4. The summed E-state index contributed by atoms with van der Waals surface area (Å²) in [6, 6.07) is 18.1. The second kappa shape index (κ2) is 7.77. The summed E-state index contributed by atoms with van der Waals surface area (Å²) in [5, 5.41) is 4.43. The van der Waals surface area contributed by atoms with Gasteiger partial charge in [-0.3, -0.25) is 4.79 Å². The molecule has 0 radical (unpaired) electrons. The molecule has 5 nitrogen and oxygen atoms in total. The van der Waals surface area contributed by atoms with Gasteiger partial charge in [0.2, 0.25) is 5.43 Å². The highest BCUT2D eigenvalue weighted by atomic mass is 16.1. The first-order valence-corrected chi connectivity index (χ1v) is 7.90. The van der Waals surface area contributed by atoms with Gasteiger partial charge in [0, 0.05) is 17.8 Å². The normalized spacial score (nSPS) is 11.4. The molecule has 3 aromatic rings. The molecule has 3 rings (SSSR count). The van der Waals surface area contributed by atoms with Crippen LogP contribution < -0.4 is 11.2 Å². The van der Waals surface area contributed by atoms with E-state index in [0.29, 0.717) is 17.0 Å². The quantitative estimate of drug-likeness (QED) is 0.586. The molecule has 0 unspecified atom stereocenters. The molecule has 0 saturated heterocycles. The molecule has 0 aliphatic heterocycles. The topological polar surface area (TPSA) is 73.3 Å². The van der Waals surface area contributed by atoms with E-state index in [4.69, 9.17) is 12.2 Å². The fourth-order valence-corrected chi connectivity index (χ4v) is 2.37. The van der Waals surface area contributed by atoms with E-state index in [9.17, 15) is 4.79 Å². The van der Waals surface area contributed by atoms with Crippen LogP contribution in [0.15, 0.2) is 88.9 Å². The Hall–Kier alpha value is -3.91. The number of aromatic nitrogens is 2. The van der Waals surface area contributed by atoms with Crippen LogP contribution >= 0.6 is 0 Å². The number of para-hydroxylation sites is 1. The van der Waals surface area contributed by atoms with E-state index in [0.717, 1.165) is 5.69 Å². The predicted octanol–water partition coefficient (Wildman–Crippen LogP) is 2.81. The van der Waals surface area contributed by atoms with Crippen LogP contribution in [-0.4, -0.2) is 15.5 Å². The molecule has 0 aliphatic rings. The highest BCUT2D eigenvalue weighted by molar-refractivity contribution is 6.08. The Morgan fingerprint density at radius 3 is 2.69 bits per heavy atom. The first-order valence-electron chi connectivity index (χ1n) is 7.90. The average molecular weight is 340 g/mol. The van der Waals surface area contributed by atoms with E-state index in [1.165, 1.54) is 12.3 Å². The summed E-state index contributed by atoms with van der Waals surface area (Å²) >= 11 is 0. The van der Waals surface area contributed by atoms with Gasteiger partial charge < -0.3 is 5.73 Å². The number of allylic oxidation sites excluding steroid dienone is 1. The van der Waals surface area contributed by atoms with E-state index >= 15 is 0 Å². The number of terminal acetylenes is 1. The minimum Gasteiger partial charge on any atom is -0.405 e. The Kier molecular flexibility index (Phi) is 5.06. The van der Waals surface area contributed by atoms with Crippen LogP contribution in [0.5, 0.6) is 0 Å². The predicted molar refractivity (Wildman–Crippen MR) is 104 cm³/mol. The van der Waals surface area contributed by atoms with Crippen molar-refractivity contribution in [1.82, 2.24) is 9.78 Å². The molecule has 0 saturated carbocycles. The van der Waals surface area contributed by atoms with Crippen LogP contribution in [0.4, 0.5) is 5.69 Å². The van der Waals surface area contributed by atoms with E-state index in [2.05, 4.69) is 16.0 Å². The molecule has 0 aliphatic carbocycles. The molecular weight excluding hydrogens is 324 g/mol. The summed E-state index contributed by atoms with van der Waals surface area (Å²) in [5.74, 6) is 2.56. The summed E-state index contributed by atoms with van der Waals surface area (Å²) in [4.78, 5) is 16.9. The number of aliphatic imine (C=N–C) groups is 1. The van der Waals surface area contributed by atoms with Gasteiger partial charge >= 0.3 is 0 Å². The average Bonchev–Trinajstić information content (AvgIpc) is 2.69. The molecule has 1 aromatic heterocycles. The van der Waals surface area contributed by atoms with E-state index < -0.39 is 0 Å². The monoisotopic (exact) mass is 340 g/mol. The van der Waals surface area contributed by atoms with Gasteiger partial charge in [0.15, 0.2) is 5.69 Å². The zero-order valence-electron chi connectivity index (χ0n) is 13.9. The maximum absolute atomic E-state index is 12.4. The minimum atomic E-state index is -0.248. The Morgan fingerprint density at radius 2 is 1.96 bits per heavy atom. The lowest BCUT2D eigenvalue weighted by molar-refractivity contribution is 0.829. The molecule has 0 bridgehead atoms. The first-order chi connectivity index (χ1) is 12.7. The molecule has 1 heterocycles. The van der Waals surface area contributed by atoms with Crippen LogP contribution in [0.1, 0.15) is 11.3 Å². The van der Waals surface area contributed by atoms with Gasteiger partial charge in [0.05, 0.1) is 17.1 Å². The molecule has 126 valence electrons. The fourth-order valence-electron chi connectivity index (χ4n) is 2.37. The second-order valence-corrected chi connectivity index (χ2v) is 5.36. The van der Waals surface area contributed by atoms with E-state index in [-0.39, 0.29) is 11.1 Å². The lowest BCUT2D eigenvalue weighted by Gasteiger charge is -2.07. The number of nitrogens with two attached hydrogens (primary N) is 1. The number of benzene rings is 2. The van der Waals surface area contributed by atoms with Crippen molar-refractivity contribution in [1.29, 1.82) is 0 Å². The van der Waals surface area contributed by atoms with Gasteiger partial charge in [-0.2, -0.15) is 5.10 Å². The zero-order chi connectivity index (χ0) is 18.4. The summed E-state index contributed by atoms with van der Waals surface area (Å²) in [6.45, 7) is 0. The van der Waals surface area contributed by atoms with Crippen LogP contribution in [0.2, 0.25) is 0 Å². The highest BCUT2D eigenvalue weighted by Crippen LogP contribution is 2.15. The van der Waals surface area contributed by atoms with Crippen molar-refractivity contribution < 1.29 is 0 Å². The SMILES string of the molecule is C#Cc1cccc(N=C(C=CN)c2nn(-c3ccccc3)ccc2=O)c1. The first kappa shape index (κ1) is 16.9.